The van der Waals surface area contributed by atoms with Crippen LogP contribution in [0.15, 0.2) is 48.5 Å². The van der Waals surface area contributed by atoms with Crippen LogP contribution in [-0.4, -0.2) is 9.55 Å². The van der Waals surface area contributed by atoms with Crippen molar-refractivity contribution in [3.63, 3.8) is 0 Å². The molecule has 1 heterocycles. The highest BCUT2D eigenvalue weighted by Gasteiger charge is 2.16. The molecule has 0 fully saturated rings. The van der Waals surface area contributed by atoms with Gasteiger partial charge in [-0.15, -0.1) is 0 Å². The zero-order valence-corrected chi connectivity index (χ0v) is 17.7. The minimum Gasteiger partial charge on any atom is -0.323 e. The molecular formula is C26H28N2. The third-order valence-corrected chi connectivity index (χ3v) is 6.31. The summed E-state index contributed by atoms with van der Waals surface area (Å²) in [4.78, 5) is 4.91. The lowest BCUT2D eigenvalue weighted by molar-refractivity contribution is 0.784. The normalized spacial score (nSPS) is 11.4. The fraction of sp³-hybridized carbons (Fsp3) is 0.269. The molecule has 2 heteroatoms. The van der Waals surface area contributed by atoms with Crippen LogP contribution in [0.4, 0.5) is 0 Å². The lowest BCUT2D eigenvalue weighted by Gasteiger charge is -2.14. The average Bonchev–Trinajstić information content (AvgIpc) is 3.02. The van der Waals surface area contributed by atoms with Crippen LogP contribution in [0, 0.1) is 41.5 Å². The molecular weight excluding hydrogens is 340 g/mol. The Bertz CT molecular complexity index is 1180. The van der Waals surface area contributed by atoms with Gasteiger partial charge in [0.25, 0.3) is 0 Å². The summed E-state index contributed by atoms with van der Waals surface area (Å²) in [5, 5.41) is 0. The molecule has 4 aromatic rings. The summed E-state index contributed by atoms with van der Waals surface area (Å²) in [5.41, 5.74) is 13.0. The SMILES string of the molecule is Cc1ccccc1-c1ccc(Cn2c(C)nc3c(C)c(C)c(C)c(C)c32)cc1. The highest BCUT2D eigenvalue weighted by Crippen LogP contribution is 2.30. The molecule has 0 atom stereocenters. The highest BCUT2D eigenvalue weighted by atomic mass is 15.1. The molecule has 0 spiro atoms. The molecule has 0 bridgehead atoms. The van der Waals surface area contributed by atoms with Crippen LogP contribution in [0.2, 0.25) is 0 Å². The van der Waals surface area contributed by atoms with E-state index in [2.05, 4.69) is 94.6 Å². The molecule has 0 saturated carbocycles. The molecule has 28 heavy (non-hydrogen) atoms. The van der Waals surface area contributed by atoms with Gasteiger partial charge in [0.2, 0.25) is 0 Å². The zero-order valence-electron chi connectivity index (χ0n) is 17.7. The third kappa shape index (κ3) is 2.93. The molecule has 2 nitrogen and oxygen atoms in total. The number of fused-ring (bicyclic) bond motifs is 1. The van der Waals surface area contributed by atoms with Crippen LogP contribution in [0.1, 0.15) is 39.2 Å². The maximum atomic E-state index is 4.91. The van der Waals surface area contributed by atoms with E-state index in [1.807, 2.05) is 0 Å². The number of imidazole rings is 1. The van der Waals surface area contributed by atoms with Crippen molar-refractivity contribution in [2.45, 2.75) is 48.1 Å². The van der Waals surface area contributed by atoms with Gasteiger partial charge in [0.15, 0.2) is 0 Å². The fourth-order valence-corrected chi connectivity index (χ4v) is 4.19. The second kappa shape index (κ2) is 6.94. The predicted octanol–water partition coefficient (Wildman–Crippen LogP) is 6.60. The summed E-state index contributed by atoms with van der Waals surface area (Å²) in [7, 11) is 0. The van der Waals surface area contributed by atoms with E-state index in [9.17, 15) is 0 Å². The summed E-state index contributed by atoms with van der Waals surface area (Å²) >= 11 is 0. The maximum Gasteiger partial charge on any atom is 0.107 e. The van der Waals surface area contributed by atoms with Crippen LogP contribution < -0.4 is 0 Å². The van der Waals surface area contributed by atoms with Gasteiger partial charge >= 0.3 is 0 Å². The number of nitrogens with zero attached hydrogens (tertiary/aromatic N) is 2. The first-order chi connectivity index (χ1) is 13.4. The highest BCUT2D eigenvalue weighted by molar-refractivity contribution is 5.85. The molecule has 0 aliphatic heterocycles. The Kier molecular flexibility index (Phi) is 4.58. The van der Waals surface area contributed by atoms with E-state index in [1.165, 1.54) is 50.0 Å². The van der Waals surface area contributed by atoms with Gasteiger partial charge in [-0.2, -0.15) is 0 Å². The Morgan fingerprint density at radius 3 is 2.04 bits per heavy atom. The van der Waals surface area contributed by atoms with Crippen LogP contribution in [0.25, 0.3) is 22.2 Å². The lowest BCUT2D eigenvalue weighted by Crippen LogP contribution is -2.04. The minimum absolute atomic E-state index is 0.846. The van der Waals surface area contributed by atoms with E-state index in [1.54, 1.807) is 0 Å². The average molecular weight is 369 g/mol. The number of aromatic nitrogens is 2. The molecule has 0 aliphatic carbocycles. The molecule has 0 aliphatic rings. The molecule has 0 unspecified atom stereocenters. The minimum atomic E-state index is 0.846. The topological polar surface area (TPSA) is 17.8 Å². The van der Waals surface area contributed by atoms with Gasteiger partial charge in [-0.25, -0.2) is 4.98 Å². The van der Waals surface area contributed by atoms with Gasteiger partial charge < -0.3 is 4.57 Å². The van der Waals surface area contributed by atoms with Crippen molar-refractivity contribution in [3.05, 3.63) is 87.7 Å². The Balaban J connectivity index is 1.75. The summed E-state index contributed by atoms with van der Waals surface area (Å²) in [6.45, 7) is 14.0. The van der Waals surface area contributed by atoms with Gasteiger partial charge in [-0.1, -0.05) is 48.5 Å². The number of benzene rings is 3. The van der Waals surface area contributed by atoms with Crippen molar-refractivity contribution in [1.29, 1.82) is 0 Å². The van der Waals surface area contributed by atoms with Crippen LogP contribution in [-0.2, 0) is 6.54 Å². The third-order valence-electron chi connectivity index (χ3n) is 6.31. The molecule has 1 aromatic heterocycles. The maximum absolute atomic E-state index is 4.91. The van der Waals surface area contributed by atoms with E-state index < -0.39 is 0 Å². The van der Waals surface area contributed by atoms with E-state index in [-0.39, 0.29) is 0 Å². The first-order valence-corrected chi connectivity index (χ1v) is 9.96. The van der Waals surface area contributed by atoms with E-state index in [0.29, 0.717) is 0 Å². The van der Waals surface area contributed by atoms with Gasteiger partial charge in [0.05, 0.1) is 11.0 Å². The summed E-state index contributed by atoms with van der Waals surface area (Å²) in [6, 6.07) is 17.5. The van der Waals surface area contributed by atoms with Gasteiger partial charge in [-0.3, -0.25) is 0 Å². The van der Waals surface area contributed by atoms with Crippen molar-refractivity contribution >= 4 is 11.0 Å². The van der Waals surface area contributed by atoms with Crippen molar-refractivity contribution in [1.82, 2.24) is 9.55 Å². The van der Waals surface area contributed by atoms with Crippen molar-refractivity contribution in [2.24, 2.45) is 0 Å². The van der Waals surface area contributed by atoms with Gasteiger partial charge in [-0.05, 0) is 86.1 Å². The summed E-state index contributed by atoms with van der Waals surface area (Å²) in [5.74, 6) is 1.08. The molecule has 4 rings (SSSR count). The van der Waals surface area contributed by atoms with Crippen molar-refractivity contribution in [2.75, 3.05) is 0 Å². The first kappa shape index (κ1) is 18.5. The van der Waals surface area contributed by atoms with Gasteiger partial charge in [0.1, 0.15) is 5.82 Å². The fourth-order valence-electron chi connectivity index (χ4n) is 4.19. The smallest absolute Gasteiger partial charge is 0.107 e. The van der Waals surface area contributed by atoms with Crippen LogP contribution in [0.5, 0.6) is 0 Å². The summed E-state index contributed by atoms with van der Waals surface area (Å²) in [6.07, 6.45) is 0. The van der Waals surface area contributed by atoms with E-state index in [0.717, 1.165) is 17.9 Å². The molecule has 142 valence electrons. The molecule has 0 N–H and O–H groups in total. The Morgan fingerprint density at radius 1 is 0.714 bits per heavy atom. The zero-order chi connectivity index (χ0) is 20.0. The van der Waals surface area contributed by atoms with Crippen LogP contribution >= 0.6 is 0 Å². The Hall–Kier alpha value is -2.87. The second-order valence-corrected chi connectivity index (χ2v) is 7.95. The molecule has 0 radical (unpaired) electrons. The monoisotopic (exact) mass is 368 g/mol. The van der Waals surface area contributed by atoms with Crippen molar-refractivity contribution in [3.8, 4) is 11.1 Å². The lowest BCUT2D eigenvalue weighted by atomic mass is 9.97. The number of rotatable bonds is 3. The predicted molar refractivity (Wildman–Crippen MR) is 119 cm³/mol. The standard InChI is InChI=1S/C26H28N2/c1-16-9-7-8-10-24(16)23-13-11-22(12-14-23)15-28-21(6)27-25-19(4)17(2)18(3)20(5)26(25)28/h7-14H,15H2,1-6H3. The largest absolute Gasteiger partial charge is 0.323 e. The molecule has 3 aromatic carbocycles. The van der Waals surface area contributed by atoms with Crippen molar-refractivity contribution < 1.29 is 0 Å². The van der Waals surface area contributed by atoms with Gasteiger partial charge in [0, 0.05) is 6.54 Å². The Morgan fingerprint density at radius 2 is 1.36 bits per heavy atom. The van der Waals surface area contributed by atoms with E-state index in [4.69, 9.17) is 4.98 Å². The van der Waals surface area contributed by atoms with E-state index >= 15 is 0 Å². The molecule has 0 saturated heterocycles. The second-order valence-electron chi connectivity index (χ2n) is 7.95. The van der Waals surface area contributed by atoms with Crippen LogP contribution in [0.3, 0.4) is 0 Å². The first-order valence-electron chi connectivity index (χ1n) is 9.96. The quantitative estimate of drug-likeness (QED) is 0.398. The number of hydrogen-bond donors (Lipinski definition) is 0. The summed E-state index contributed by atoms with van der Waals surface area (Å²) < 4.78 is 2.37. The Labute approximate surface area is 167 Å². The number of aryl methyl sites for hydroxylation is 4. The number of hydrogen-bond acceptors (Lipinski definition) is 1. The molecule has 0 amide bonds.